The van der Waals surface area contributed by atoms with Gasteiger partial charge in [-0.2, -0.15) is 0 Å². The molecular formula is C9H16O2. The highest BCUT2D eigenvalue weighted by Gasteiger charge is 2.56. The van der Waals surface area contributed by atoms with E-state index in [0.29, 0.717) is 0 Å². The van der Waals surface area contributed by atoms with Gasteiger partial charge in [0.2, 0.25) is 0 Å². The van der Waals surface area contributed by atoms with Crippen molar-refractivity contribution in [2.24, 2.45) is 0 Å². The summed E-state index contributed by atoms with van der Waals surface area (Å²) >= 11 is 0. The van der Waals surface area contributed by atoms with Gasteiger partial charge in [-0.3, -0.25) is 0 Å². The van der Waals surface area contributed by atoms with E-state index in [1.165, 1.54) is 0 Å². The number of hydrogen-bond acceptors (Lipinski definition) is 2. The third-order valence-corrected chi connectivity index (χ3v) is 2.89. The molecule has 0 aromatic heterocycles. The molecular weight excluding hydrogens is 140 g/mol. The van der Waals surface area contributed by atoms with Crippen LogP contribution in [0.15, 0.2) is 0 Å². The van der Waals surface area contributed by atoms with E-state index >= 15 is 0 Å². The minimum absolute atomic E-state index is 0.0192. The Balaban J connectivity index is 2.05. The van der Waals surface area contributed by atoms with Crippen molar-refractivity contribution in [1.29, 1.82) is 0 Å². The molecule has 0 radical (unpaired) electrons. The molecule has 11 heavy (non-hydrogen) atoms. The maximum atomic E-state index is 9.61. The molecule has 2 fully saturated rings. The fourth-order valence-corrected chi connectivity index (χ4v) is 2.61. The van der Waals surface area contributed by atoms with Gasteiger partial charge in [-0.15, -0.1) is 0 Å². The summed E-state index contributed by atoms with van der Waals surface area (Å²) in [5, 5.41) is 9.61. The SMILES string of the molecule is CC1(C)C[C@]2(CCC[C@H]2O)O1. The van der Waals surface area contributed by atoms with Gasteiger partial charge in [0.05, 0.1) is 17.3 Å². The van der Waals surface area contributed by atoms with E-state index in [0.717, 1.165) is 25.7 Å². The summed E-state index contributed by atoms with van der Waals surface area (Å²) in [6.07, 6.45) is 3.93. The maximum absolute atomic E-state index is 9.61. The molecule has 0 aromatic rings. The number of rotatable bonds is 0. The largest absolute Gasteiger partial charge is 0.390 e. The Hall–Kier alpha value is -0.0800. The lowest BCUT2D eigenvalue weighted by molar-refractivity contribution is -0.282. The second-order valence-electron chi connectivity index (χ2n) is 4.51. The zero-order valence-electron chi connectivity index (χ0n) is 7.26. The van der Waals surface area contributed by atoms with Crippen LogP contribution in [0.1, 0.15) is 39.5 Å². The summed E-state index contributed by atoms with van der Waals surface area (Å²) < 4.78 is 5.74. The third kappa shape index (κ3) is 1.00. The van der Waals surface area contributed by atoms with Gasteiger partial charge < -0.3 is 9.84 Å². The van der Waals surface area contributed by atoms with Gasteiger partial charge in [0.15, 0.2) is 0 Å². The van der Waals surface area contributed by atoms with Crippen LogP contribution in [0, 0.1) is 0 Å². The lowest BCUT2D eigenvalue weighted by Gasteiger charge is -2.53. The second kappa shape index (κ2) is 1.99. The summed E-state index contributed by atoms with van der Waals surface area (Å²) in [6.45, 7) is 4.17. The Kier molecular flexibility index (Phi) is 1.37. The third-order valence-electron chi connectivity index (χ3n) is 2.89. The van der Waals surface area contributed by atoms with Crippen LogP contribution in [0.4, 0.5) is 0 Å². The molecule has 64 valence electrons. The zero-order chi connectivity index (χ0) is 8.11. The van der Waals surface area contributed by atoms with Crippen molar-refractivity contribution in [2.45, 2.75) is 56.8 Å². The average molecular weight is 156 g/mol. The molecule has 1 N–H and O–H groups in total. The van der Waals surface area contributed by atoms with Crippen LogP contribution in [-0.2, 0) is 4.74 Å². The molecule has 0 unspecified atom stereocenters. The first kappa shape index (κ1) is 7.56. The van der Waals surface area contributed by atoms with E-state index in [1.54, 1.807) is 0 Å². The maximum Gasteiger partial charge on any atom is 0.0974 e. The molecule has 1 saturated carbocycles. The number of aliphatic hydroxyl groups excluding tert-OH is 1. The van der Waals surface area contributed by atoms with Gasteiger partial charge >= 0.3 is 0 Å². The summed E-state index contributed by atoms with van der Waals surface area (Å²) in [4.78, 5) is 0. The molecule has 0 aromatic carbocycles. The van der Waals surface area contributed by atoms with Crippen molar-refractivity contribution in [3.05, 3.63) is 0 Å². The Labute approximate surface area is 67.6 Å². The van der Waals surface area contributed by atoms with Crippen LogP contribution in [0.5, 0.6) is 0 Å². The molecule has 2 rings (SSSR count). The summed E-state index contributed by atoms with van der Waals surface area (Å²) in [5.41, 5.74) is -0.116. The zero-order valence-corrected chi connectivity index (χ0v) is 7.26. The molecule has 0 amide bonds. The number of ether oxygens (including phenoxy) is 1. The van der Waals surface area contributed by atoms with Crippen LogP contribution in [0.3, 0.4) is 0 Å². The second-order valence-corrected chi connectivity index (χ2v) is 4.51. The fourth-order valence-electron chi connectivity index (χ4n) is 2.61. The lowest BCUT2D eigenvalue weighted by atomic mass is 9.79. The molecule has 0 bridgehead atoms. The molecule has 2 heteroatoms. The van der Waals surface area contributed by atoms with E-state index in [9.17, 15) is 5.11 Å². The van der Waals surface area contributed by atoms with Crippen molar-refractivity contribution < 1.29 is 9.84 Å². The van der Waals surface area contributed by atoms with Crippen LogP contribution >= 0.6 is 0 Å². The first-order chi connectivity index (χ1) is 5.04. The molecule has 1 spiro atoms. The highest BCUT2D eigenvalue weighted by Crippen LogP contribution is 2.50. The Bertz CT molecular complexity index is 166. The molecule has 2 nitrogen and oxygen atoms in total. The Morgan fingerprint density at radius 2 is 2.09 bits per heavy atom. The van der Waals surface area contributed by atoms with Gasteiger partial charge in [-0.1, -0.05) is 0 Å². The van der Waals surface area contributed by atoms with E-state index in [-0.39, 0.29) is 17.3 Å². The van der Waals surface area contributed by atoms with E-state index in [4.69, 9.17) is 4.74 Å². The highest BCUT2D eigenvalue weighted by molar-refractivity contribution is 5.06. The normalized spacial score (nSPS) is 47.7. The van der Waals surface area contributed by atoms with E-state index < -0.39 is 0 Å². The van der Waals surface area contributed by atoms with Crippen LogP contribution in [0.25, 0.3) is 0 Å². The van der Waals surface area contributed by atoms with Gasteiger partial charge in [-0.25, -0.2) is 0 Å². The first-order valence-electron chi connectivity index (χ1n) is 4.42. The van der Waals surface area contributed by atoms with E-state index in [1.807, 2.05) is 0 Å². The predicted octanol–water partition coefficient (Wildman–Crippen LogP) is 1.47. The fraction of sp³-hybridized carbons (Fsp3) is 1.00. The molecule has 2 atom stereocenters. The lowest BCUT2D eigenvalue weighted by Crippen LogP contribution is -2.60. The van der Waals surface area contributed by atoms with Gasteiger partial charge in [0, 0.05) is 6.42 Å². The molecule has 2 aliphatic rings. The Morgan fingerprint density at radius 1 is 1.45 bits per heavy atom. The molecule has 1 aliphatic carbocycles. The van der Waals surface area contributed by atoms with Crippen molar-refractivity contribution in [1.82, 2.24) is 0 Å². The molecule has 1 saturated heterocycles. The monoisotopic (exact) mass is 156 g/mol. The van der Waals surface area contributed by atoms with Crippen molar-refractivity contribution in [3.63, 3.8) is 0 Å². The summed E-state index contributed by atoms with van der Waals surface area (Å²) in [7, 11) is 0. The molecule has 1 aliphatic heterocycles. The quantitative estimate of drug-likeness (QED) is 0.575. The van der Waals surface area contributed by atoms with E-state index in [2.05, 4.69) is 13.8 Å². The van der Waals surface area contributed by atoms with Gasteiger partial charge in [0.1, 0.15) is 0 Å². The minimum Gasteiger partial charge on any atom is -0.390 e. The van der Waals surface area contributed by atoms with Crippen LogP contribution < -0.4 is 0 Å². The summed E-state index contributed by atoms with van der Waals surface area (Å²) in [6, 6.07) is 0. The molecule has 1 heterocycles. The highest BCUT2D eigenvalue weighted by atomic mass is 16.6. The standard InChI is InChI=1S/C9H16O2/c1-8(2)6-9(11-8)5-3-4-7(9)10/h7,10H,3-6H2,1-2H3/t7-,9+/m1/s1. The summed E-state index contributed by atoms with van der Waals surface area (Å²) in [5.74, 6) is 0. The van der Waals surface area contributed by atoms with Crippen molar-refractivity contribution in [3.8, 4) is 0 Å². The average Bonchev–Trinajstić information content (AvgIpc) is 2.10. The van der Waals surface area contributed by atoms with Crippen LogP contribution in [0.2, 0.25) is 0 Å². The Morgan fingerprint density at radius 3 is 2.45 bits per heavy atom. The van der Waals surface area contributed by atoms with Crippen molar-refractivity contribution >= 4 is 0 Å². The first-order valence-corrected chi connectivity index (χ1v) is 4.42. The predicted molar refractivity (Wildman–Crippen MR) is 42.4 cm³/mol. The number of hydrogen-bond donors (Lipinski definition) is 1. The van der Waals surface area contributed by atoms with Gasteiger partial charge in [0.25, 0.3) is 0 Å². The van der Waals surface area contributed by atoms with Crippen molar-refractivity contribution in [2.75, 3.05) is 0 Å². The van der Waals surface area contributed by atoms with Gasteiger partial charge in [-0.05, 0) is 33.1 Å². The van der Waals surface area contributed by atoms with Crippen LogP contribution in [-0.4, -0.2) is 22.4 Å². The topological polar surface area (TPSA) is 29.5 Å². The smallest absolute Gasteiger partial charge is 0.0974 e. The minimum atomic E-state index is -0.199. The number of aliphatic hydroxyl groups is 1.